The normalized spacial score (nSPS) is 10.2. The zero-order valence-electron chi connectivity index (χ0n) is 14.4. The van der Waals surface area contributed by atoms with E-state index in [4.69, 9.17) is 0 Å². The number of halogens is 1. The lowest BCUT2D eigenvalue weighted by molar-refractivity contribution is -0.384. The van der Waals surface area contributed by atoms with Gasteiger partial charge in [0.25, 0.3) is 17.5 Å². The standard InChI is InChI=1S/C20H14FN3O4/c21-16-9-2-4-11-18(16)23-20(26)15-8-1-3-10-17(15)22-19(25)13-6-5-7-14(12-13)24(27)28/h1-12H,(H,22,25)(H,23,26). The fourth-order valence-corrected chi connectivity index (χ4v) is 2.50. The van der Waals surface area contributed by atoms with Crippen LogP contribution in [0.2, 0.25) is 0 Å². The summed E-state index contributed by atoms with van der Waals surface area (Å²) in [7, 11) is 0. The number of carbonyl (C=O) groups excluding carboxylic acids is 2. The molecule has 0 saturated heterocycles. The van der Waals surface area contributed by atoms with Crippen molar-refractivity contribution in [1.82, 2.24) is 0 Å². The molecule has 0 bridgehead atoms. The van der Waals surface area contributed by atoms with Crippen LogP contribution in [-0.2, 0) is 0 Å². The van der Waals surface area contributed by atoms with Crippen LogP contribution in [0.4, 0.5) is 21.5 Å². The largest absolute Gasteiger partial charge is 0.321 e. The van der Waals surface area contributed by atoms with Gasteiger partial charge in [0.05, 0.1) is 21.9 Å². The first-order chi connectivity index (χ1) is 13.5. The third kappa shape index (κ3) is 4.18. The third-order valence-corrected chi connectivity index (χ3v) is 3.86. The van der Waals surface area contributed by atoms with Crippen molar-refractivity contribution in [2.45, 2.75) is 0 Å². The highest BCUT2D eigenvalue weighted by atomic mass is 19.1. The maximum atomic E-state index is 13.8. The monoisotopic (exact) mass is 379 g/mol. The summed E-state index contributed by atoms with van der Waals surface area (Å²) in [6.45, 7) is 0. The van der Waals surface area contributed by atoms with Crippen LogP contribution in [0.1, 0.15) is 20.7 Å². The average Bonchev–Trinajstić information content (AvgIpc) is 2.70. The van der Waals surface area contributed by atoms with Crippen molar-refractivity contribution in [1.29, 1.82) is 0 Å². The fourth-order valence-electron chi connectivity index (χ4n) is 2.50. The van der Waals surface area contributed by atoms with E-state index < -0.39 is 22.6 Å². The van der Waals surface area contributed by atoms with Gasteiger partial charge in [0, 0.05) is 17.7 Å². The van der Waals surface area contributed by atoms with Crippen LogP contribution in [-0.4, -0.2) is 16.7 Å². The lowest BCUT2D eigenvalue weighted by Gasteiger charge is -2.12. The van der Waals surface area contributed by atoms with Crippen LogP contribution in [0.25, 0.3) is 0 Å². The summed E-state index contributed by atoms with van der Waals surface area (Å²) in [6.07, 6.45) is 0. The van der Waals surface area contributed by atoms with Crippen LogP contribution in [0.5, 0.6) is 0 Å². The summed E-state index contributed by atoms with van der Waals surface area (Å²) >= 11 is 0. The summed E-state index contributed by atoms with van der Waals surface area (Å²) < 4.78 is 13.8. The number of nitrogens with one attached hydrogen (secondary N) is 2. The molecule has 0 aromatic heterocycles. The van der Waals surface area contributed by atoms with Crippen molar-refractivity contribution in [3.05, 3.63) is 99.9 Å². The highest BCUT2D eigenvalue weighted by Gasteiger charge is 2.17. The zero-order valence-corrected chi connectivity index (χ0v) is 14.4. The molecular weight excluding hydrogens is 365 g/mol. The number of hydrogen-bond acceptors (Lipinski definition) is 4. The Morgan fingerprint density at radius 1 is 0.821 bits per heavy atom. The zero-order chi connectivity index (χ0) is 20.1. The van der Waals surface area contributed by atoms with Gasteiger partial charge in [-0.1, -0.05) is 30.3 Å². The highest BCUT2D eigenvalue weighted by molar-refractivity contribution is 6.12. The molecular formula is C20H14FN3O4. The Hall–Kier alpha value is -4.07. The first-order valence-corrected chi connectivity index (χ1v) is 8.16. The van der Waals surface area contributed by atoms with Crippen LogP contribution in [0.15, 0.2) is 72.8 Å². The van der Waals surface area contributed by atoms with Gasteiger partial charge < -0.3 is 10.6 Å². The average molecular weight is 379 g/mol. The minimum atomic E-state index is -0.616. The van der Waals surface area contributed by atoms with E-state index in [0.29, 0.717) is 0 Å². The molecule has 2 N–H and O–H groups in total. The minimum absolute atomic E-state index is 0.00677. The fraction of sp³-hybridized carbons (Fsp3) is 0. The lowest BCUT2D eigenvalue weighted by Crippen LogP contribution is -2.18. The van der Waals surface area contributed by atoms with Crippen molar-refractivity contribution in [2.24, 2.45) is 0 Å². The molecule has 0 unspecified atom stereocenters. The van der Waals surface area contributed by atoms with Gasteiger partial charge in [-0.2, -0.15) is 0 Å². The number of anilines is 2. The first kappa shape index (κ1) is 18.7. The lowest BCUT2D eigenvalue weighted by atomic mass is 10.1. The van der Waals surface area contributed by atoms with Crippen molar-refractivity contribution in [2.75, 3.05) is 10.6 Å². The maximum absolute atomic E-state index is 13.8. The number of para-hydroxylation sites is 2. The molecule has 8 heteroatoms. The van der Waals surface area contributed by atoms with Crippen LogP contribution in [0.3, 0.4) is 0 Å². The number of nitrogens with zero attached hydrogens (tertiary/aromatic N) is 1. The van der Waals surface area contributed by atoms with Gasteiger partial charge >= 0.3 is 0 Å². The van der Waals surface area contributed by atoms with Crippen LogP contribution < -0.4 is 10.6 Å². The maximum Gasteiger partial charge on any atom is 0.270 e. The Kier molecular flexibility index (Phi) is 5.40. The summed E-state index contributed by atoms with van der Waals surface area (Å²) in [4.78, 5) is 35.2. The van der Waals surface area contributed by atoms with E-state index in [0.717, 1.165) is 6.07 Å². The van der Waals surface area contributed by atoms with Crippen molar-refractivity contribution in [3.8, 4) is 0 Å². The Morgan fingerprint density at radius 3 is 2.18 bits per heavy atom. The van der Waals surface area contributed by atoms with Crippen LogP contribution in [0, 0.1) is 15.9 Å². The second-order valence-electron chi connectivity index (χ2n) is 5.74. The van der Waals surface area contributed by atoms with Gasteiger partial charge in [0.1, 0.15) is 5.82 Å². The van der Waals surface area contributed by atoms with E-state index >= 15 is 0 Å². The Bertz CT molecular complexity index is 1070. The number of hydrogen-bond donors (Lipinski definition) is 2. The SMILES string of the molecule is O=C(Nc1ccccc1C(=O)Nc1ccccc1F)c1cccc([N+](=O)[O-])c1. The molecule has 7 nitrogen and oxygen atoms in total. The number of amides is 2. The second-order valence-corrected chi connectivity index (χ2v) is 5.74. The van der Waals surface area contributed by atoms with Crippen molar-refractivity contribution < 1.29 is 18.9 Å². The molecule has 28 heavy (non-hydrogen) atoms. The molecule has 140 valence electrons. The molecule has 0 radical (unpaired) electrons. The molecule has 0 fully saturated rings. The minimum Gasteiger partial charge on any atom is -0.321 e. The molecule has 0 heterocycles. The van der Waals surface area contributed by atoms with Gasteiger partial charge in [-0.05, 0) is 30.3 Å². The number of nitro benzene ring substituents is 1. The van der Waals surface area contributed by atoms with E-state index in [1.165, 1.54) is 48.5 Å². The smallest absolute Gasteiger partial charge is 0.270 e. The molecule has 3 rings (SSSR count). The Labute approximate surface area is 159 Å². The summed E-state index contributed by atoms with van der Waals surface area (Å²) in [6, 6.07) is 17.1. The van der Waals surface area contributed by atoms with E-state index in [1.807, 2.05) is 0 Å². The molecule has 0 aliphatic carbocycles. The summed E-state index contributed by atoms with van der Waals surface area (Å²) in [5.41, 5.74) is 0.154. The number of nitro groups is 1. The number of rotatable bonds is 5. The van der Waals surface area contributed by atoms with Gasteiger partial charge in [-0.3, -0.25) is 19.7 Å². The molecule has 0 saturated carbocycles. The molecule has 0 aliphatic rings. The Morgan fingerprint density at radius 2 is 1.46 bits per heavy atom. The van der Waals surface area contributed by atoms with E-state index in [-0.39, 0.29) is 28.2 Å². The van der Waals surface area contributed by atoms with Crippen LogP contribution >= 0.6 is 0 Å². The van der Waals surface area contributed by atoms with Gasteiger partial charge in [0.2, 0.25) is 0 Å². The van der Waals surface area contributed by atoms with Gasteiger partial charge in [-0.15, -0.1) is 0 Å². The predicted octanol–water partition coefficient (Wildman–Crippen LogP) is 4.24. The van der Waals surface area contributed by atoms with Crippen molar-refractivity contribution >= 4 is 28.9 Å². The van der Waals surface area contributed by atoms with E-state index in [1.54, 1.807) is 18.2 Å². The molecule has 3 aromatic carbocycles. The number of benzene rings is 3. The van der Waals surface area contributed by atoms with Gasteiger partial charge in [-0.25, -0.2) is 4.39 Å². The molecule has 2 amide bonds. The second kappa shape index (κ2) is 8.09. The highest BCUT2D eigenvalue weighted by Crippen LogP contribution is 2.21. The summed E-state index contributed by atoms with van der Waals surface area (Å²) in [5.74, 6) is -1.82. The summed E-state index contributed by atoms with van der Waals surface area (Å²) in [5, 5.41) is 15.9. The van der Waals surface area contributed by atoms with Gasteiger partial charge in [0.15, 0.2) is 0 Å². The predicted molar refractivity (Wildman–Crippen MR) is 102 cm³/mol. The quantitative estimate of drug-likeness (QED) is 0.511. The third-order valence-electron chi connectivity index (χ3n) is 3.86. The Balaban J connectivity index is 1.83. The molecule has 0 spiro atoms. The molecule has 0 atom stereocenters. The molecule has 0 aliphatic heterocycles. The van der Waals surface area contributed by atoms with Crippen molar-refractivity contribution in [3.63, 3.8) is 0 Å². The molecule has 3 aromatic rings. The first-order valence-electron chi connectivity index (χ1n) is 8.16. The number of carbonyl (C=O) groups is 2. The topological polar surface area (TPSA) is 101 Å². The van der Waals surface area contributed by atoms with E-state index in [9.17, 15) is 24.1 Å². The van der Waals surface area contributed by atoms with E-state index in [2.05, 4.69) is 10.6 Å². The number of non-ortho nitro benzene ring substituents is 1.